The van der Waals surface area contributed by atoms with E-state index >= 15 is 0 Å². The molecule has 2 heterocycles. The van der Waals surface area contributed by atoms with Crippen LogP contribution in [0, 0.1) is 5.92 Å². The van der Waals surface area contributed by atoms with E-state index in [-0.39, 0.29) is 0 Å². The van der Waals surface area contributed by atoms with Crippen molar-refractivity contribution in [3.63, 3.8) is 0 Å². The Hall–Kier alpha value is 0.1000. The van der Waals surface area contributed by atoms with E-state index in [0.29, 0.717) is 6.04 Å². The van der Waals surface area contributed by atoms with Crippen molar-refractivity contribution in [3.8, 4) is 0 Å². The molecular weight excluding hydrogens is 296 g/mol. The van der Waals surface area contributed by atoms with E-state index in [2.05, 4.69) is 38.3 Å². The number of nitrogens with zero attached hydrogens (tertiary/aromatic N) is 1. The van der Waals surface area contributed by atoms with Crippen LogP contribution in [0.5, 0.6) is 0 Å². The lowest BCUT2D eigenvalue weighted by Crippen LogP contribution is -2.47. The Morgan fingerprint density at radius 3 is 2.59 bits per heavy atom. The standard InChI is InChI=1S/C13H19BrN2S/c14-12-5-4-11(17-12)13(10-2-1-3-10)16-8-6-15-7-9-16/h4-5,10,13,15H,1-3,6-9H2/t13-/m0/s1. The second-order valence-corrected chi connectivity index (χ2v) is 7.56. The van der Waals surface area contributed by atoms with Gasteiger partial charge in [-0.2, -0.15) is 0 Å². The molecule has 1 aliphatic heterocycles. The predicted octanol–water partition coefficient (Wildman–Crippen LogP) is 3.26. The fraction of sp³-hybridized carbons (Fsp3) is 0.692. The summed E-state index contributed by atoms with van der Waals surface area (Å²) in [7, 11) is 0. The van der Waals surface area contributed by atoms with Crippen LogP contribution in [0.25, 0.3) is 0 Å². The van der Waals surface area contributed by atoms with Crippen molar-refractivity contribution in [2.45, 2.75) is 25.3 Å². The zero-order valence-corrected chi connectivity index (χ0v) is 12.4. The summed E-state index contributed by atoms with van der Waals surface area (Å²) < 4.78 is 1.27. The minimum absolute atomic E-state index is 0.683. The van der Waals surface area contributed by atoms with Gasteiger partial charge in [0.15, 0.2) is 0 Å². The monoisotopic (exact) mass is 314 g/mol. The number of nitrogens with one attached hydrogen (secondary N) is 1. The first-order chi connectivity index (χ1) is 8.34. The first kappa shape index (κ1) is 12.2. The van der Waals surface area contributed by atoms with E-state index in [4.69, 9.17) is 0 Å². The Morgan fingerprint density at radius 2 is 2.06 bits per heavy atom. The highest BCUT2D eigenvalue weighted by Crippen LogP contribution is 2.44. The zero-order valence-electron chi connectivity index (χ0n) is 9.99. The molecule has 1 saturated heterocycles. The van der Waals surface area contributed by atoms with Crippen LogP contribution in [0.4, 0.5) is 0 Å². The Morgan fingerprint density at radius 1 is 1.29 bits per heavy atom. The minimum atomic E-state index is 0.683. The smallest absolute Gasteiger partial charge is 0.0701 e. The maximum atomic E-state index is 3.60. The molecule has 1 aliphatic carbocycles. The van der Waals surface area contributed by atoms with Gasteiger partial charge in [0.05, 0.1) is 3.79 Å². The Kier molecular flexibility index (Phi) is 3.85. The molecule has 3 rings (SSSR count). The van der Waals surface area contributed by atoms with Gasteiger partial charge in [0.2, 0.25) is 0 Å². The largest absolute Gasteiger partial charge is 0.314 e. The lowest BCUT2D eigenvalue weighted by atomic mass is 9.78. The third-order valence-electron chi connectivity index (χ3n) is 4.03. The second-order valence-electron chi connectivity index (χ2n) is 5.06. The number of hydrogen-bond donors (Lipinski definition) is 1. The predicted molar refractivity (Wildman–Crippen MR) is 76.5 cm³/mol. The molecule has 1 saturated carbocycles. The highest BCUT2D eigenvalue weighted by Gasteiger charge is 2.34. The van der Waals surface area contributed by atoms with Crippen LogP contribution in [0.1, 0.15) is 30.2 Å². The van der Waals surface area contributed by atoms with Gasteiger partial charge in [0.25, 0.3) is 0 Å². The molecule has 0 aromatic carbocycles. The molecule has 0 unspecified atom stereocenters. The number of hydrogen-bond acceptors (Lipinski definition) is 3. The Labute approximate surface area is 116 Å². The van der Waals surface area contributed by atoms with E-state index in [0.717, 1.165) is 19.0 Å². The molecule has 1 atom stereocenters. The summed E-state index contributed by atoms with van der Waals surface area (Å²) in [5, 5.41) is 3.45. The van der Waals surface area contributed by atoms with Gasteiger partial charge in [-0.05, 0) is 46.8 Å². The molecule has 1 N–H and O–H groups in total. The third-order valence-corrected chi connectivity index (χ3v) is 5.72. The van der Waals surface area contributed by atoms with Crippen LogP contribution in [-0.2, 0) is 0 Å². The fourth-order valence-electron chi connectivity index (χ4n) is 2.91. The van der Waals surface area contributed by atoms with Crippen molar-refractivity contribution in [3.05, 3.63) is 20.8 Å². The summed E-state index contributed by atoms with van der Waals surface area (Å²) in [5.74, 6) is 0.902. The first-order valence-electron chi connectivity index (χ1n) is 6.54. The minimum Gasteiger partial charge on any atom is -0.314 e. The van der Waals surface area contributed by atoms with Crippen molar-refractivity contribution >= 4 is 27.3 Å². The second kappa shape index (κ2) is 5.39. The van der Waals surface area contributed by atoms with Gasteiger partial charge >= 0.3 is 0 Å². The van der Waals surface area contributed by atoms with Gasteiger partial charge in [0, 0.05) is 37.1 Å². The lowest BCUT2D eigenvalue weighted by molar-refractivity contribution is 0.0860. The molecule has 0 radical (unpaired) electrons. The molecule has 4 heteroatoms. The SMILES string of the molecule is Brc1ccc([C@H](C2CCC2)N2CCNCC2)s1. The van der Waals surface area contributed by atoms with Crippen LogP contribution in [0.2, 0.25) is 0 Å². The van der Waals surface area contributed by atoms with Gasteiger partial charge in [-0.15, -0.1) is 11.3 Å². The van der Waals surface area contributed by atoms with E-state index in [1.54, 1.807) is 4.88 Å². The molecule has 1 aromatic heterocycles. The summed E-state index contributed by atoms with van der Waals surface area (Å²) >= 11 is 5.52. The van der Waals surface area contributed by atoms with E-state index in [9.17, 15) is 0 Å². The fourth-order valence-corrected chi connectivity index (χ4v) is 4.57. The Bertz CT molecular complexity index is 369. The van der Waals surface area contributed by atoms with Crippen LogP contribution in [-0.4, -0.2) is 31.1 Å². The van der Waals surface area contributed by atoms with Crippen LogP contribution >= 0.6 is 27.3 Å². The van der Waals surface area contributed by atoms with Crippen molar-refractivity contribution in [2.24, 2.45) is 5.92 Å². The molecule has 2 nitrogen and oxygen atoms in total. The van der Waals surface area contributed by atoms with Gasteiger partial charge in [-0.1, -0.05) is 6.42 Å². The van der Waals surface area contributed by atoms with Crippen LogP contribution in [0.15, 0.2) is 15.9 Å². The van der Waals surface area contributed by atoms with Crippen molar-refractivity contribution in [2.75, 3.05) is 26.2 Å². The molecule has 2 fully saturated rings. The van der Waals surface area contributed by atoms with Crippen LogP contribution in [0.3, 0.4) is 0 Å². The normalized spacial score (nSPS) is 24.5. The van der Waals surface area contributed by atoms with E-state index in [1.165, 1.54) is 36.1 Å². The number of piperazine rings is 1. The van der Waals surface area contributed by atoms with Crippen LogP contribution < -0.4 is 5.32 Å². The highest BCUT2D eigenvalue weighted by molar-refractivity contribution is 9.11. The number of rotatable bonds is 3. The van der Waals surface area contributed by atoms with E-state index in [1.807, 2.05) is 11.3 Å². The summed E-state index contributed by atoms with van der Waals surface area (Å²) in [6.45, 7) is 4.71. The average molecular weight is 315 g/mol. The molecule has 2 aliphatic rings. The lowest BCUT2D eigenvalue weighted by Gasteiger charge is -2.42. The van der Waals surface area contributed by atoms with Crippen molar-refractivity contribution in [1.29, 1.82) is 0 Å². The van der Waals surface area contributed by atoms with Gasteiger partial charge in [-0.25, -0.2) is 0 Å². The van der Waals surface area contributed by atoms with E-state index < -0.39 is 0 Å². The average Bonchev–Trinajstić information content (AvgIpc) is 2.71. The molecule has 0 bridgehead atoms. The van der Waals surface area contributed by atoms with Crippen molar-refractivity contribution in [1.82, 2.24) is 10.2 Å². The number of thiophene rings is 1. The summed E-state index contributed by atoms with van der Waals surface area (Å²) in [5.41, 5.74) is 0. The Balaban J connectivity index is 1.80. The molecule has 0 amide bonds. The number of halogens is 1. The highest BCUT2D eigenvalue weighted by atomic mass is 79.9. The van der Waals surface area contributed by atoms with Gasteiger partial charge < -0.3 is 5.32 Å². The molecular formula is C13H19BrN2S. The molecule has 0 spiro atoms. The maximum Gasteiger partial charge on any atom is 0.0701 e. The molecule has 1 aromatic rings. The topological polar surface area (TPSA) is 15.3 Å². The molecule has 17 heavy (non-hydrogen) atoms. The molecule has 94 valence electrons. The summed E-state index contributed by atoms with van der Waals surface area (Å²) in [6, 6.07) is 5.20. The third kappa shape index (κ3) is 2.60. The van der Waals surface area contributed by atoms with Gasteiger partial charge in [-0.3, -0.25) is 4.90 Å². The summed E-state index contributed by atoms with van der Waals surface area (Å²) in [6.07, 6.45) is 4.27. The zero-order chi connectivity index (χ0) is 11.7. The maximum absolute atomic E-state index is 3.60. The van der Waals surface area contributed by atoms with Crippen molar-refractivity contribution < 1.29 is 0 Å². The van der Waals surface area contributed by atoms with Gasteiger partial charge in [0.1, 0.15) is 0 Å². The first-order valence-corrected chi connectivity index (χ1v) is 8.15. The summed E-state index contributed by atoms with van der Waals surface area (Å²) in [4.78, 5) is 4.25. The quantitative estimate of drug-likeness (QED) is 0.921.